The van der Waals surface area contributed by atoms with Crippen LogP contribution in [0.15, 0.2) is 12.1 Å². The molecule has 4 nitrogen and oxygen atoms in total. The first-order chi connectivity index (χ1) is 9.11. The molecule has 0 saturated heterocycles. The van der Waals surface area contributed by atoms with Gasteiger partial charge in [0.25, 0.3) is 0 Å². The Bertz CT molecular complexity index is 457. The van der Waals surface area contributed by atoms with Gasteiger partial charge in [-0.05, 0) is 51.7 Å². The second kappa shape index (κ2) is 6.04. The molecule has 0 atom stereocenters. The highest BCUT2D eigenvalue weighted by Crippen LogP contribution is 2.24. The summed E-state index contributed by atoms with van der Waals surface area (Å²) in [5.41, 5.74) is 2.54. The fourth-order valence-electron chi connectivity index (χ4n) is 2.44. The predicted octanol–water partition coefficient (Wildman–Crippen LogP) is 2.35. The molecule has 0 aliphatic heterocycles. The van der Waals surface area contributed by atoms with Crippen LogP contribution in [0.25, 0.3) is 0 Å². The SMILES string of the molecule is CCOC(=O)CN(c1ccc2c(n1)CCC2)C(C)C. The Kier molecular flexibility index (Phi) is 4.40. The standard InChI is InChI=1S/C15H22N2O2/c1-4-19-15(18)10-17(11(2)3)14-9-8-12-6-5-7-13(12)16-14/h8-9,11H,4-7,10H2,1-3H3. The maximum absolute atomic E-state index is 11.7. The van der Waals surface area contributed by atoms with E-state index in [0.29, 0.717) is 6.61 Å². The van der Waals surface area contributed by atoms with Crippen LogP contribution in [0.3, 0.4) is 0 Å². The van der Waals surface area contributed by atoms with Crippen LogP contribution in [0, 0.1) is 0 Å². The lowest BCUT2D eigenvalue weighted by Gasteiger charge is -2.27. The van der Waals surface area contributed by atoms with Gasteiger partial charge >= 0.3 is 5.97 Å². The van der Waals surface area contributed by atoms with Crippen LogP contribution in [0.1, 0.15) is 38.4 Å². The minimum Gasteiger partial charge on any atom is -0.465 e. The summed E-state index contributed by atoms with van der Waals surface area (Å²) in [6.07, 6.45) is 3.36. The molecule has 1 heterocycles. The summed E-state index contributed by atoms with van der Waals surface area (Å²) in [7, 11) is 0. The van der Waals surface area contributed by atoms with E-state index < -0.39 is 0 Å². The van der Waals surface area contributed by atoms with Gasteiger partial charge < -0.3 is 9.64 Å². The summed E-state index contributed by atoms with van der Waals surface area (Å²) in [6, 6.07) is 4.38. The van der Waals surface area contributed by atoms with Crippen LogP contribution in [0.4, 0.5) is 5.82 Å². The zero-order valence-corrected chi connectivity index (χ0v) is 12.0. The lowest BCUT2D eigenvalue weighted by molar-refractivity contribution is -0.141. The van der Waals surface area contributed by atoms with E-state index in [2.05, 4.69) is 19.9 Å². The van der Waals surface area contributed by atoms with Gasteiger partial charge in [-0.3, -0.25) is 4.79 Å². The van der Waals surface area contributed by atoms with Crippen molar-refractivity contribution in [2.45, 2.75) is 46.1 Å². The lowest BCUT2D eigenvalue weighted by Crippen LogP contribution is -2.37. The molecule has 0 fully saturated rings. The van der Waals surface area contributed by atoms with Gasteiger partial charge in [0.2, 0.25) is 0 Å². The first-order valence-corrected chi connectivity index (χ1v) is 7.03. The molecule has 0 unspecified atom stereocenters. The van der Waals surface area contributed by atoms with Crippen LogP contribution >= 0.6 is 0 Å². The zero-order valence-electron chi connectivity index (χ0n) is 12.0. The first kappa shape index (κ1) is 13.8. The molecule has 0 N–H and O–H groups in total. The molecular formula is C15H22N2O2. The van der Waals surface area contributed by atoms with E-state index in [1.807, 2.05) is 17.9 Å². The van der Waals surface area contributed by atoms with Crippen molar-refractivity contribution in [3.05, 3.63) is 23.4 Å². The number of carbonyl (C=O) groups is 1. The molecule has 0 amide bonds. The second-order valence-corrected chi connectivity index (χ2v) is 5.16. The van der Waals surface area contributed by atoms with Crippen molar-refractivity contribution in [2.24, 2.45) is 0 Å². The van der Waals surface area contributed by atoms with Crippen LogP contribution in [-0.4, -0.2) is 30.1 Å². The van der Waals surface area contributed by atoms with Gasteiger partial charge in [0.15, 0.2) is 0 Å². The number of anilines is 1. The van der Waals surface area contributed by atoms with Gasteiger partial charge in [0.05, 0.1) is 6.61 Å². The fraction of sp³-hybridized carbons (Fsp3) is 0.600. The number of esters is 1. The number of fused-ring (bicyclic) bond motifs is 1. The molecule has 1 aliphatic carbocycles. The maximum Gasteiger partial charge on any atom is 0.325 e. The number of hydrogen-bond donors (Lipinski definition) is 0. The number of ether oxygens (including phenoxy) is 1. The predicted molar refractivity (Wildman–Crippen MR) is 75.4 cm³/mol. The van der Waals surface area contributed by atoms with E-state index in [-0.39, 0.29) is 18.6 Å². The van der Waals surface area contributed by atoms with E-state index in [4.69, 9.17) is 9.72 Å². The zero-order chi connectivity index (χ0) is 13.8. The molecule has 0 spiro atoms. The van der Waals surface area contributed by atoms with E-state index in [1.165, 1.54) is 17.7 Å². The van der Waals surface area contributed by atoms with Crippen molar-refractivity contribution >= 4 is 11.8 Å². The molecule has 0 radical (unpaired) electrons. The summed E-state index contributed by atoms with van der Waals surface area (Å²) in [5, 5.41) is 0. The Balaban J connectivity index is 2.17. The quantitative estimate of drug-likeness (QED) is 0.764. The fourth-order valence-corrected chi connectivity index (χ4v) is 2.44. The molecule has 1 aliphatic rings. The third-order valence-electron chi connectivity index (χ3n) is 3.44. The van der Waals surface area contributed by atoms with Gasteiger partial charge in [-0.25, -0.2) is 4.98 Å². The third-order valence-corrected chi connectivity index (χ3v) is 3.44. The van der Waals surface area contributed by atoms with Gasteiger partial charge in [0, 0.05) is 11.7 Å². The summed E-state index contributed by atoms with van der Waals surface area (Å²) in [6.45, 7) is 6.63. The normalized spacial score (nSPS) is 13.5. The number of pyridine rings is 1. The number of nitrogens with zero attached hydrogens (tertiary/aromatic N) is 2. The van der Waals surface area contributed by atoms with Gasteiger partial charge in [-0.1, -0.05) is 6.07 Å². The lowest BCUT2D eigenvalue weighted by atomic mass is 10.2. The van der Waals surface area contributed by atoms with Gasteiger partial charge in [0.1, 0.15) is 12.4 Å². The van der Waals surface area contributed by atoms with E-state index in [1.54, 1.807) is 0 Å². The topological polar surface area (TPSA) is 42.4 Å². The summed E-state index contributed by atoms with van der Waals surface area (Å²) >= 11 is 0. The molecule has 0 saturated carbocycles. The van der Waals surface area contributed by atoms with Crippen molar-refractivity contribution in [3.63, 3.8) is 0 Å². The highest BCUT2D eigenvalue weighted by atomic mass is 16.5. The number of aryl methyl sites for hydroxylation is 2. The summed E-state index contributed by atoms with van der Waals surface area (Å²) in [5.74, 6) is 0.683. The number of carbonyl (C=O) groups excluding carboxylic acids is 1. The Morgan fingerprint density at radius 3 is 2.89 bits per heavy atom. The smallest absolute Gasteiger partial charge is 0.325 e. The number of aromatic nitrogens is 1. The molecular weight excluding hydrogens is 240 g/mol. The molecule has 1 aromatic rings. The second-order valence-electron chi connectivity index (χ2n) is 5.16. The van der Waals surface area contributed by atoms with Crippen molar-refractivity contribution in [1.82, 2.24) is 4.98 Å². The van der Waals surface area contributed by atoms with Crippen molar-refractivity contribution in [3.8, 4) is 0 Å². The first-order valence-electron chi connectivity index (χ1n) is 7.03. The summed E-state index contributed by atoms with van der Waals surface area (Å²) < 4.78 is 5.03. The highest BCUT2D eigenvalue weighted by Gasteiger charge is 2.19. The number of rotatable bonds is 5. The average Bonchev–Trinajstić information content (AvgIpc) is 2.83. The third kappa shape index (κ3) is 3.25. The van der Waals surface area contributed by atoms with E-state index >= 15 is 0 Å². The molecule has 104 valence electrons. The minimum absolute atomic E-state index is 0.196. The van der Waals surface area contributed by atoms with Gasteiger partial charge in [-0.15, -0.1) is 0 Å². The van der Waals surface area contributed by atoms with Crippen molar-refractivity contribution < 1.29 is 9.53 Å². The number of hydrogen-bond acceptors (Lipinski definition) is 4. The van der Waals surface area contributed by atoms with Crippen LogP contribution in [0.5, 0.6) is 0 Å². The molecule has 1 aromatic heterocycles. The largest absolute Gasteiger partial charge is 0.465 e. The Morgan fingerprint density at radius 1 is 1.42 bits per heavy atom. The summed E-state index contributed by atoms with van der Waals surface area (Å²) in [4.78, 5) is 18.4. The molecule has 2 rings (SSSR count). The van der Waals surface area contributed by atoms with Crippen LogP contribution in [0.2, 0.25) is 0 Å². The Morgan fingerprint density at radius 2 is 2.21 bits per heavy atom. The molecule has 0 bridgehead atoms. The Hall–Kier alpha value is -1.58. The minimum atomic E-state index is -0.196. The molecule has 4 heteroatoms. The molecule has 19 heavy (non-hydrogen) atoms. The van der Waals surface area contributed by atoms with E-state index in [9.17, 15) is 4.79 Å². The molecule has 0 aromatic carbocycles. The van der Waals surface area contributed by atoms with Crippen molar-refractivity contribution in [1.29, 1.82) is 0 Å². The monoisotopic (exact) mass is 262 g/mol. The van der Waals surface area contributed by atoms with E-state index in [0.717, 1.165) is 18.7 Å². The average molecular weight is 262 g/mol. The van der Waals surface area contributed by atoms with Crippen molar-refractivity contribution in [2.75, 3.05) is 18.1 Å². The van der Waals surface area contributed by atoms with Crippen LogP contribution in [-0.2, 0) is 22.4 Å². The van der Waals surface area contributed by atoms with Crippen LogP contribution < -0.4 is 4.90 Å². The highest BCUT2D eigenvalue weighted by molar-refractivity contribution is 5.75. The van der Waals surface area contributed by atoms with Gasteiger partial charge in [-0.2, -0.15) is 0 Å². The Labute approximate surface area is 114 Å². The maximum atomic E-state index is 11.7.